The van der Waals surface area contributed by atoms with E-state index in [9.17, 15) is 4.79 Å². The molecule has 102 valence electrons. The molecular formula is C16H12BrClO2. The lowest BCUT2D eigenvalue weighted by Crippen LogP contribution is -2.20. The molecule has 0 aliphatic carbocycles. The second-order valence-electron chi connectivity index (χ2n) is 4.88. The van der Waals surface area contributed by atoms with E-state index in [1.54, 1.807) is 18.2 Å². The van der Waals surface area contributed by atoms with Crippen molar-refractivity contribution >= 4 is 33.3 Å². The zero-order chi connectivity index (χ0) is 14.3. The maximum absolute atomic E-state index is 12.2. The second-order valence-corrected chi connectivity index (χ2v) is 6.17. The SMILES string of the molecule is Cc1ccc(C2CC(=O)c3cc(Cl)ccc3O2)cc1Br. The number of ether oxygens (including phenoxy) is 1. The summed E-state index contributed by atoms with van der Waals surface area (Å²) < 4.78 is 6.96. The molecule has 2 nitrogen and oxygen atoms in total. The fraction of sp³-hybridized carbons (Fsp3) is 0.188. The van der Waals surface area contributed by atoms with Crippen molar-refractivity contribution in [3.05, 3.63) is 62.6 Å². The van der Waals surface area contributed by atoms with Gasteiger partial charge in [0.1, 0.15) is 11.9 Å². The molecule has 1 aliphatic heterocycles. The van der Waals surface area contributed by atoms with Crippen LogP contribution in [0, 0.1) is 6.92 Å². The Morgan fingerprint density at radius 3 is 2.80 bits per heavy atom. The van der Waals surface area contributed by atoms with E-state index in [1.165, 1.54) is 0 Å². The molecule has 0 bridgehead atoms. The van der Waals surface area contributed by atoms with Crippen LogP contribution < -0.4 is 4.74 Å². The van der Waals surface area contributed by atoms with Crippen LogP contribution in [0.4, 0.5) is 0 Å². The molecule has 0 saturated carbocycles. The largest absolute Gasteiger partial charge is 0.484 e. The monoisotopic (exact) mass is 350 g/mol. The molecule has 3 rings (SSSR count). The van der Waals surface area contributed by atoms with Gasteiger partial charge in [0.25, 0.3) is 0 Å². The maximum atomic E-state index is 12.2. The number of carbonyl (C=O) groups is 1. The Morgan fingerprint density at radius 2 is 2.05 bits per heavy atom. The minimum atomic E-state index is -0.243. The highest BCUT2D eigenvalue weighted by atomic mass is 79.9. The summed E-state index contributed by atoms with van der Waals surface area (Å²) >= 11 is 9.43. The third kappa shape index (κ3) is 2.48. The summed E-state index contributed by atoms with van der Waals surface area (Å²) in [7, 11) is 0. The van der Waals surface area contributed by atoms with Crippen LogP contribution in [-0.4, -0.2) is 5.78 Å². The van der Waals surface area contributed by atoms with Gasteiger partial charge in [0.2, 0.25) is 0 Å². The highest BCUT2D eigenvalue weighted by Gasteiger charge is 2.27. The van der Waals surface area contributed by atoms with Gasteiger partial charge in [0.15, 0.2) is 5.78 Å². The summed E-state index contributed by atoms with van der Waals surface area (Å²) in [5.74, 6) is 0.669. The van der Waals surface area contributed by atoms with Gasteiger partial charge in [0, 0.05) is 9.50 Å². The number of carbonyl (C=O) groups excluding carboxylic acids is 1. The number of ketones is 1. The lowest BCUT2D eigenvalue weighted by atomic mass is 9.96. The minimum Gasteiger partial charge on any atom is -0.484 e. The van der Waals surface area contributed by atoms with Gasteiger partial charge in [-0.05, 0) is 42.3 Å². The molecule has 1 unspecified atom stereocenters. The van der Waals surface area contributed by atoms with Crippen LogP contribution in [0.25, 0.3) is 0 Å². The molecule has 0 aromatic heterocycles. The highest BCUT2D eigenvalue weighted by molar-refractivity contribution is 9.10. The zero-order valence-corrected chi connectivity index (χ0v) is 13.2. The van der Waals surface area contributed by atoms with Gasteiger partial charge < -0.3 is 4.74 Å². The Labute approximate surface area is 130 Å². The number of rotatable bonds is 1. The molecule has 0 spiro atoms. The normalized spacial score (nSPS) is 17.6. The molecule has 4 heteroatoms. The van der Waals surface area contributed by atoms with Crippen LogP contribution in [0.15, 0.2) is 40.9 Å². The molecule has 1 heterocycles. The third-order valence-corrected chi connectivity index (χ3v) is 4.54. The first-order valence-electron chi connectivity index (χ1n) is 6.30. The van der Waals surface area contributed by atoms with E-state index in [4.69, 9.17) is 16.3 Å². The standard InChI is InChI=1S/C16H12BrClO2/c1-9-2-3-10(6-13(9)17)16-8-14(19)12-7-11(18)4-5-15(12)20-16/h2-7,16H,8H2,1H3. The summed E-state index contributed by atoms with van der Waals surface area (Å²) in [6.07, 6.45) is 0.0936. The zero-order valence-electron chi connectivity index (χ0n) is 10.8. The Kier molecular flexibility index (Phi) is 3.57. The molecule has 0 amide bonds. The fourth-order valence-electron chi connectivity index (χ4n) is 2.29. The van der Waals surface area contributed by atoms with Gasteiger partial charge in [0.05, 0.1) is 12.0 Å². The van der Waals surface area contributed by atoms with Crippen LogP contribution in [0.5, 0.6) is 5.75 Å². The van der Waals surface area contributed by atoms with Gasteiger partial charge in [-0.3, -0.25) is 4.79 Å². The van der Waals surface area contributed by atoms with Crippen molar-refractivity contribution in [2.45, 2.75) is 19.4 Å². The maximum Gasteiger partial charge on any atom is 0.170 e. The van der Waals surface area contributed by atoms with Crippen molar-refractivity contribution in [2.24, 2.45) is 0 Å². The summed E-state index contributed by atoms with van der Waals surface area (Å²) in [4.78, 5) is 12.2. The molecular weight excluding hydrogens is 340 g/mol. The first-order chi connectivity index (χ1) is 9.54. The topological polar surface area (TPSA) is 26.3 Å². The van der Waals surface area contributed by atoms with Gasteiger partial charge in [-0.25, -0.2) is 0 Å². The van der Waals surface area contributed by atoms with Crippen molar-refractivity contribution in [1.82, 2.24) is 0 Å². The van der Waals surface area contributed by atoms with Crippen molar-refractivity contribution in [3.63, 3.8) is 0 Å². The number of halogens is 2. The lowest BCUT2D eigenvalue weighted by molar-refractivity contribution is 0.0850. The Bertz CT molecular complexity index is 697. The van der Waals surface area contributed by atoms with Crippen molar-refractivity contribution in [1.29, 1.82) is 0 Å². The van der Waals surface area contributed by atoms with E-state index >= 15 is 0 Å². The second kappa shape index (κ2) is 5.23. The van der Waals surface area contributed by atoms with Crippen molar-refractivity contribution in [3.8, 4) is 5.75 Å². The molecule has 1 aliphatic rings. The van der Waals surface area contributed by atoms with Gasteiger partial charge in [-0.2, -0.15) is 0 Å². The number of fused-ring (bicyclic) bond motifs is 1. The van der Waals surface area contributed by atoms with Crippen LogP contribution >= 0.6 is 27.5 Å². The third-order valence-electron chi connectivity index (χ3n) is 3.45. The van der Waals surface area contributed by atoms with Crippen LogP contribution in [0.3, 0.4) is 0 Å². The summed E-state index contributed by atoms with van der Waals surface area (Å²) in [5.41, 5.74) is 2.72. The number of hydrogen-bond acceptors (Lipinski definition) is 2. The molecule has 0 saturated heterocycles. The summed E-state index contributed by atoms with van der Waals surface area (Å²) in [6.45, 7) is 2.03. The summed E-state index contributed by atoms with van der Waals surface area (Å²) in [6, 6.07) is 11.2. The highest BCUT2D eigenvalue weighted by Crippen LogP contribution is 2.37. The number of Topliss-reactive ketones (excluding diaryl/α,β-unsaturated/α-hetero) is 1. The predicted octanol–water partition coefficient (Wildman–Crippen LogP) is 5.12. The number of benzene rings is 2. The van der Waals surface area contributed by atoms with E-state index in [2.05, 4.69) is 15.9 Å². The van der Waals surface area contributed by atoms with Gasteiger partial charge in [-0.1, -0.05) is 39.7 Å². The van der Waals surface area contributed by atoms with Crippen LogP contribution in [0.1, 0.15) is 34.0 Å². The van der Waals surface area contributed by atoms with E-state index in [0.29, 0.717) is 22.8 Å². The van der Waals surface area contributed by atoms with E-state index in [1.807, 2.05) is 25.1 Å². The fourth-order valence-corrected chi connectivity index (χ4v) is 2.86. The van der Waals surface area contributed by atoms with Gasteiger partial charge >= 0.3 is 0 Å². The Balaban J connectivity index is 1.97. The number of hydrogen-bond donors (Lipinski definition) is 0. The summed E-state index contributed by atoms with van der Waals surface area (Å²) in [5, 5.41) is 0.553. The molecule has 0 N–H and O–H groups in total. The van der Waals surface area contributed by atoms with E-state index < -0.39 is 0 Å². The quantitative estimate of drug-likeness (QED) is 0.713. The van der Waals surface area contributed by atoms with Crippen LogP contribution in [-0.2, 0) is 0 Å². The van der Waals surface area contributed by atoms with E-state index in [0.717, 1.165) is 15.6 Å². The smallest absolute Gasteiger partial charge is 0.170 e. The Morgan fingerprint density at radius 1 is 1.25 bits per heavy atom. The van der Waals surface area contributed by atoms with Crippen molar-refractivity contribution < 1.29 is 9.53 Å². The Hall–Kier alpha value is -1.32. The van der Waals surface area contributed by atoms with Crippen molar-refractivity contribution in [2.75, 3.05) is 0 Å². The predicted molar refractivity (Wildman–Crippen MR) is 82.6 cm³/mol. The minimum absolute atomic E-state index is 0.0652. The van der Waals surface area contributed by atoms with Crippen LogP contribution in [0.2, 0.25) is 5.02 Å². The lowest BCUT2D eigenvalue weighted by Gasteiger charge is -2.26. The van der Waals surface area contributed by atoms with Gasteiger partial charge in [-0.15, -0.1) is 0 Å². The molecule has 2 aromatic carbocycles. The molecule has 1 atom stereocenters. The molecule has 0 fully saturated rings. The molecule has 20 heavy (non-hydrogen) atoms. The average molecular weight is 352 g/mol. The molecule has 0 radical (unpaired) electrons. The number of aryl methyl sites for hydroxylation is 1. The average Bonchev–Trinajstić information content (AvgIpc) is 2.42. The first kappa shape index (κ1) is 13.7. The van der Waals surface area contributed by atoms with E-state index in [-0.39, 0.29) is 11.9 Å². The first-order valence-corrected chi connectivity index (χ1v) is 7.47. The molecule has 2 aromatic rings.